The van der Waals surface area contributed by atoms with Crippen LogP contribution >= 0.6 is 47.0 Å². The second-order valence-corrected chi connectivity index (χ2v) is 17.7. The Balaban J connectivity index is 1.13. The minimum atomic E-state index is -0.319. The van der Waals surface area contributed by atoms with E-state index < -0.39 is 0 Å². The van der Waals surface area contributed by atoms with Crippen LogP contribution < -0.4 is 9.80 Å². The first kappa shape index (κ1) is 35.9. The number of imide groups is 1. The molecule has 0 saturated carbocycles. The maximum atomic E-state index is 13.8. The van der Waals surface area contributed by atoms with Gasteiger partial charge in [-0.25, -0.2) is 9.58 Å². The van der Waals surface area contributed by atoms with E-state index in [9.17, 15) is 9.59 Å². The van der Waals surface area contributed by atoms with Gasteiger partial charge < -0.3 is 4.90 Å². The Morgan fingerprint density at radius 2 is 1.04 bits per heavy atom. The Labute approximate surface area is 328 Å². The van der Waals surface area contributed by atoms with Gasteiger partial charge in [0.15, 0.2) is 0 Å². The van der Waals surface area contributed by atoms with Crippen molar-refractivity contribution in [2.24, 2.45) is 0 Å². The monoisotopic (exact) mass is 772 g/mol. The molecule has 0 N–H and O–H groups in total. The molecular weight excluding hydrogens is 733 g/mol. The van der Waals surface area contributed by atoms with Gasteiger partial charge in [-0.15, -0.1) is 0 Å². The number of carbonyl (C=O) groups is 2. The first-order chi connectivity index (χ1) is 26.2. The van der Waals surface area contributed by atoms with Gasteiger partial charge >= 0.3 is 0 Å². The molecule has 0 unspecified atom stereocenters. The van der Waals surface area contributed by atoms with Crippen molar-refractivity contribution >= 4 is 81.0 Å². The van der Waals surface area contributed by atoms with Gasteiger partial charge in [0.25, 0.3) is 11.8 Å². The summed E-state index contributed by atoms with van der Waals surface area (Å²) in [5, 5.41) is 6.70. The molecule has 6 aromatic rings. The molecule has 8 rings (SSSR count). The fraction of sp³-hybridized carbons (Fsp3) is 0.233. The molecule has 1 fully saturated rings. The molecule has 0 aliphatic carbocycles. The van der Waals surface area contributed by atoms with Gasteiger partial charge in [-0.3, -0.25) is 9.59 Å². The van der Waals surface area contributed by atoms with Crippen LogP contribution in [0.25, 0.3) is 39.0 Å². The zero-order chi connectivity index (χ0) is 36.0. The Morgan fingerprint density at radius 1 is 0.491 bits per heavy atom. The predicted octanol–water partition coefficient (Wildman–Crippen LogP) is 9.91. The number of thioether (sulfide) groups is 4. The van der Waals surface area contributed by atoms with E-state index in [0.29, 0.717) is 22.2 Å². The van der Waals surface area contributed by atoms with Crippen molar-refractivity contribution in [1.82, 2.24) is 9.78 Å². The van der Waals surface area contributed by atoms with Crippen LogP contribution in [-0.4, -0.2) is 80.7 Å². The fourth-order valence-electron chi connectivity index (χ4n) is 6.94. The van der Waals surface area contributed by atoms with Crippen molar-refractivity contribution in [2.75, 3.05) is 68.9 Å². The maximum absolute atomic E-state index is 13.8. The number of nitrogens with zero attached hydrogens (tertiary/aromatic N) is 4. The summed E-state index contributed by atoms with van der Waals surface area (Å²) in [4.78, 5) is 31.5. The summed E-state index contributed by atoms with van der Waals surface area (Å²) >= 11 is 8.30. The second-order valence-electron chi connectivity index (χ2n) is 12.8. The van der Waals surface area contributed by atoms with E-state index in [2.05, 4.69) is 94.4 Å². The molecule has 2 aliphatic rings. The summed E-state index contributed by atoms with van der Waals surface area (Å²) in [7, 11) is 0. The van der Waals surface area contributed by atoms with E-state index in [4.69, 9.17) is 5.10 Å². The molecule has 5 aromatic carbocycles. The minimum Gasteiger partial charge on any atom is -0.370 e. The highest BCUT2D eigenvalue weighted by atomic mass is 32.2. The molecule has 2 amide bonds. The number of hydrogen-bond acceptors (Lipinski definition) is 8. The molecule has 268 valence electrons. The Bertz CT molecular complexity index is 2170. The average molecular weight is 773 g/mol. The van der Waals surface area contributed by atoms with E-state index >= 15 is 0 Å². The molecular formula is C43H40N4O2S4. The molecule has 3 heterocycles. The van der Waals surface area contributed by atoms with Crippen molar-refractivity contribution in [1.29, 1.82) is 0 Å². The first-order valence-corrected chi connectivity index (χ1v) is 22.6. The Hall–Kier alpha value is -4.09. The number of aromatic nitrogens is 2. The van der Waals surface area contributed by atoms with Crippen LogP contribution in [0, 0.1) is 0 Å². The van der Waals surface area contributed by atoms with E-state index in [0.717, 1.165) is 58.2 Å². The highest BCUT2D eigenvalue weighted by Gasteiger charge is 2.34. The summed E-state index contributed by atoms with van der Waals surface area (Å²) in [5.41, 5.74) is 7.48. The van der Waals surface area contributed by atoms with Crippen LogP contribution in [0.3, 0.4) is 0 Å². The molecule has 6 nitrogen and oxygen atoms in total. The van der Waals surface area contributed by atoms with Crippen molar-refractivity contribution in [2.45, 2.75) is 0 Å². The number of amides is 2. The molecule has 0 bridgehead atoms. The van der Waals surface area contributed by atoms with Crippen molar-refractivity contribution < 1.29 is 9.59 Å². The summed E-state index contributed by atoms with van der Waals surface area (Å²) < 4.78 is 2.00. The topological polar surface area (TPSA) is 58.4 Å². The van der Waals surface area contributed by atoms with Gasteiger partial charge in [0, 0.05) is 92.4 Å². The third-order valence-corrected chi connectivity index (χ3v) is 14.2. The number of carbonyl (C=O) groups excluding carboxylic acids is 2. The van der Waals surface area contributed by atoms with Crippen LogP contribution in [0.4, 0.5) is 11.4 Å². The number of benzene rings is 5. The summed E-state index contributed by atoms with van der Waals surface area (Å²) in [5.74, 6) is 9.02. The van der Waals surface area contributed by atoms with Gasteiger partial charge in [-0.1, -0.05) is 66.7 Å². The standard InChI is InChI=1S/C43H40N4O2S4/c48-42-37-13-7-12-36-35(18-19-38(41(36)37)43(49)46(42)33-8-3-1-4-9-33)39-30-40(47(44-39)34-10-5-2-6-11-34)31-14-16-32(17-15-31)45-20-22-50-24-26-52-28-29-53-27-25-51-23-21-45/h1-19,30H,20-29H2. The molecule has 1 saturated heterocycles. The number of para-hydroxylation sites is 2. The highest BCUT2D eigenvalue weighted by Crippen LogP contribution is 2.39. The quantitative estimate of drug-likeness (QED) is 0.161. The van der Waals surface area contributed by atoms with Crippen molar-refractivity contribution in [3.63, 3.8) is 0 Å². The molecule has 0 radical (unpaired) electrons. The van der Waals surface area contributed by atoms with E-state index in [1.165, 1.54) is 45.1 Å². The van der Waals surface area contributed by atoms with Crippen LogP contribution in [0.1, 0.15) is 20.7 Å². The van der Waals surface area contributed by atoms with Crippen LogP contribution in [0.2, 0.25) is 0 Å². The first-order valence-electron chi connectivity index (χ1n) is 18.0. The van der Waals surface area contributed by atoms with Crippen molar-refractivity contribution in [3.05, 3.63) is 132 Å². The lowest BCUT2D eigenvalue weighted by Gasteiger charge is -2.27. The van der Waals surface area contributed by atoms with E-state index in [1.54, 1.807) is 12.1 Å². The lowest BCUT2D eigenvalue weighted by Crippen LogP contribution is -2.40. The second kappa shape index (κ2) is 16.9. The average Bonchev–Trinajstić information content (AvgIpc) is 3.64. The van der Waals surface area contributed by atoms with Gasteiger partial charge in [-0.05, 0) is 60.0 Å². The normalized spacial score (nSPS) is 16.4. The number of hydrogen-bond donors (Lipinski definition) is 0. The van der Waals surface area contributed by atoms with Gasteiger partial charge in [0.2, 0.25) is 0 Å². The molecule has 1 aromatic heterocycles. The zero-order valence-electron chi connectivity index (χ0n) is 29.4. The lowest BCUT2D eigenvalue weighted by atomic mass is 9.90. The number of rotatable bonds is 5. The smallest absolute Gasteiger partial charge is 0.265 e. The van der Waals surface area contributed by atoms with Crippen LogP contribution in [-0.2, 0) is 0 Å². The van der Waals surface area contributed by atoms with Crippen LogP contribution in [0.5, 0.6) is 0 Å². The van der Waals surface area contributed by atoms with E-state index in [1.807, 2.05) is 71.4 Å². The fourth-order valence-corrected chi connectivity index (χ4v) is 11.3. The predicted molar refractivity (Wildman–Crippen MR) is 231 cm³/mol. The van der Waals surface area contributed by atoms with Gasteiger partial charge in [0.05, 0.1) is 22.8 Å². The minimum absolute atomic E-state index is 0.319. The Kier molecular flexibility index (Phi) is 11.5. The third-order valence-electron chi connectivity index (χ3n) is 9.56. The summed E-state index contributed by atoms with van der Waals surface area (Å²) in [6.07, 6.45) is 0. The van der Waals surface area contributed by atoms with E-state index in [-0.39, 0.29) is 11.8 Å². The van der Waals surface area contributed by atoms with Gasteiger partial charge in [0.1, 0.15) is 0 Å². The largest absolute Gasteiger partial charge is 0.370 e. The molecule has 0 spiro atoms. The number of anilines is 2. The summed E-state index contributed by atoms with van der Waals surface area (Å²) in [6, 6.07) is 39.9. The molecule has 0 atom stereocenters. The molecule has 53 heavy (non-hydrogen) atoms. The SMILES string of the molecule is O=C1c2cccc3c(-c4cc(-c5ccc(N6CCSCCSCCSCCSCC6)cc5)n(-c5ccccc5)n4)ccc(c23)C(=O)N1c1ccccc1. The zero-order valence-corrected chi connectivity index (χ0v) is 32.6. The van der Waals surface area contributed by atoms with Gasteiger partial charge in [-0.2, -0.15) is 52.1 Å². The molecule has 2 aliphatic heterocycles. The molecule has 10 heteroatoms. The maximum Gasteiger partial charge on any atom is 0.265 e. The van der Waals surface area contributed by atoms with Crippen LogP contribution in [0.15, 0.2) is 121 Å². The Morgan fingerprint density at radius 3 is 1.66 bits per heavy atom. The third kappa shape index (κ3) is 7.78. The highest BCUT2D eigenvalue weighted by molar-refractivity contribution is 8.05. The lowest BCUT2D eigenvalue weighted by molar-refractivity contribution is 0.0893. The van der Waals surface area contributed by atoms with Crippen molar-refractivity contribution in [3.8, 4) is 28.2 Å². The summed E-state index contributed by atoms with van der Waals surface area (Å²) in [6.45, 7) is 2.07.